The van der Waals surface area contributed by atoms with E-state index in [9.17, 15) is 0 Å². The van der Waals surface area contributed by atoms with E-state index in [1.165, 1.54) is 18.4 Å². The summed E-state index contributed by atoms with van der Waals surface area (Å²) < 4.78 is 4.69. The van der Waals surface area contributed by atoms with Gasteiger partial charge in [-0.3, -0.25) is 0 Å². The van der Waals surface area contributed by atoms with Crippen molar-refractivity contribution >= 4 is 6.08 Å². The van der Waals surface area contributed by atoms with Crippen LogP contribution in [0.3, 0.4) is 0 Å². The molecule has 1 aromatic rings. The zero-order chi connectivity index (χ0) is 17.2. The molecule has 0 aromatic heterocycles. The van der Waals surface area contributed by atoms with Gasteiger partial charge in [0.05, 0.1) is 0 Å². The molecule has 0 saturated heterocycles. The van der Waals surface area contributed by atoms with Crippen LogP contribution < -0.4 is 3.80 Å². The Morgan fingerprint density at radius 3 is 2.22 bits per heavy atom. The van der Waals surface area contributed by atoms with Gasteiger partial charge in [-0.25, -0.2) is 0 Å². The predicted molar refractivity (Wildman–Crippen MR) is 98.6 cm³/mol. The first-order valence-corrected chi connectivity index (χ1v) is 13.8. The van der Waals surface area contributed by atoms with Gasteiger partial charge in [-0.05, 0) is 0 Å². The third kappa shape index (κ3) is 3.39. The summed E-state index contributed by atoms with van der Waals surface area (Å²) in [5, 5.41) is 5.08. The van der Waals surface area contributed by atoms with Crippen LogP contribution in [0, 0.1) is 5.41 Å². The number of rotatable bonds is 2. The van der Waals surface area contributed by atoms with Crippen LogP contribution in [0.15, 0.2) is 17.7 Å². The average molecular weight is 347 g/mol. The third-order valence-corrected chi connectivity index (χ3v) is 10.9. The zero-order valence-electron chi connectivity index (χ0n) is 16.2. The normalized spacial score (nSPS) is 22.8. The molecule has 1 N–H and O–H groups in total. The maximum atomic E-state index is 4.04. The van der Waals surface area contributed by atoms with Gasteiger partial charge in [0.15, 0.2) is 0 Å². The fourth-order valence-corrected chi connectivity index (χ4v) is 11.9. The number of benzene rings is 1. The SMILES string of the molecule is CC1=Cc2cc3c(cc2[CH]1[Ti]([CH3])([CH3])[NH]C(C)(C)C)CC(C)(C)C3. The van der Waals surface area contributed by atoms with Gasteiger partial charge in [0.25, 0.3) is 0 Å². The molecule has 0 fully saturated rings. The van der Waals surface area contributed by atoms with Gasteiger partial charge >= 0.3 is 147 Å². The molecule has 0 aliphatic heterocycles. The second-order valence-electron chi connectivity index (χ2n) is 10.2. The summed E-state index contributed by atoms with van der Waals surface area (Å²) in [7, 11) is 0. The van der Waals surface area contributed by atoms with Crippen LogP contribution in [-0.2, 0) is 29.7 Å². The molecule has 0 saturated carbocycles. The van der Waals surface area contributed by atoms with Gasteiger partial charge in [-0.1, -0.05) is 0 Å². The van der Waals surface area contributed by atoms with Gasteiger partial charge < -0.3 is 0 Å². The molecule has 2 heteroatoms. The molecule has 0 bridgehead atoms. The standard InChI is InChI=1S/C15H17.C4H10N.2CH3.Ti/c1-10-4-11-6-13-8-15(2,3)9-14(13)7-12(11)5-10;1-4(2,3)5;;;/h4-7H,8-9H2,1-3H3;5H,1-3H3;2*1H3;/q;-1;;;+1. The monoisotopic (exact) mass is 347 g/mol. The van der Waals surface area contributed by atoms with Crippen molar-refractivity contribution in [1.82, 2.24) is 3.80 Å². The first kappa shape index (κ1) is 17.5. The maximum absolute atomic E-state index is 4.04. The first-order valence-electron chi connectivity index (χ1n) is 9.01. The third-order valence-electron chi connectivity index (χ3n) is 5.31. The van der Waals surface area contributed by atoms with Crippen molar-refractivity contribution < 1.29 is 16.8 Å². The van der Waals surface area contributed by atoms with Crippen molar-refractivity contribution in [3.8, 4) is 0 Å². The van der Waals surface area contributed by atoms with E-state index in [0.29, 0.717) is 9.64 Å². The topological polar surface area (TPSA) is 12.0 Å². The average Bonchev–Trinajstić information content (AvgIpc) is 2.75. The van der Waals surface area contributed by atoms with E-state index in [2.05, 4.69) is 74.0 Å². The van der Waals surface area contributed by atoms with Crippen LogP contribution in [-0.4, -0.2) is 5.54 Å². The van der Waals surface area contributed by atoms with E-state index in [1.54, 1.807) is 22.3 Å². The molecule has 0 spiro atoms. The Morgan fingerprint density at radius 2 is 1.65 bits per heavy atom. The molecular weight excluding hydrogens is 314 g/mol. The molecule has 23 heavy (non-hydrogen) atoms. The summed E-state index contributed by atoms with van der Waals surface area (Å²) in [6.07, 6.45) is 4.93. The summed E-state index contributed by atoms with van der Waals surface area (Å²) in [4.78, 5) is 0. The summed E-state index contributed by atoms with van der Waals surface area (Å²) in [5.41, 5.74) is 8.52. The minimum atomic E-state index is -2.19. The predicted octanol–water partition coefficient (Wildman–Crippen LogP) is 5.82. The van der Waals surface area contributed by atoms with Crippen LogP contribution in [0.2, 0.25) is 10.5 Å². The molecular formula is C21H33NTi. The molecule has 0 heterocycles. The molecule has 0 radical (unpaired) electrons. The Morgan fingerprint density at radius 1 is 1.09 bits per heavy atom. The number of hydrogen-bond donors (Lipinski definition) is 1. The van der Waals surface area contributed by atoms with Gasteiger partial charge in [0.1, 0.15) is 0 Å². The van der Waals surface area contributed by atoms with Crippen LogP contribution in [0.25, 0.3) is 6.08 Å². The van der Waals surface area contributed by atoms with Gasteiger partial charge in [-0.15, -0.1) is 0 Å². The molecule has 1 unspecified atom stereocenters. The number of hydrogen-bond acceptors (Lipinski definition) is 1. The van der Waals surface area contributed by atoms with Crippen LogP contribution in [0.1, 0.15) is 68.0 Å². The second-order valence-corrected chi connectivity index (χ2v) is 16.9. The quantitative estimate of drug-likeness (QED) is 0.665. The van der Waals surface area contributed by atoms with Crippen molar-refractivity contribution in [3.63, 3.8) is 0 Å². The Hall–Kier alpha value is -0.366. The van der Waals surface area contributed by atoms with Gasteiger partial charge in [0, 0.05) is 0 Å². The van der Waals surface area contributed by atoms with E-state index >= 15 is 0 Å². The van der Waals surface area contributed by atoms with E-state index < -0.39 is 16.8 Å². The summed E-state index contributed by atoms with van der Waals surface area (Å²) >= 11 is -2.19. The Bertz CT molecular complexity index is 674. The summed E-state index contributed by atoms with van der Waals surface area (Å²) in [6, 6.07) is 5.06. The fraction of sp³-hybridized carbons (Fsp3) is 0.619. The molecule has 3 rings (SSSR count). The number of nitrogens with one attached hydrogen (secondary N) is 1. The van der Waals surface area contributed by atoms with Crippen LogP contribution >= 0.6 is 0 Å². The van der Waals surface area contributed by atoms with E-state index in [1.807, 2.05) is 0 Å². The summed E-state index contributed by atoms with van der Waals surface area (Å²) in [6.45, 7) is 14.1. The molecule has 1 aromatic carbocycles. The van der Waals surface area contributed by atoms with Crippen molar-refractivity contribution in [2.45, 2.75) is 74.6 Å². The zero-order valence-corrected chi connectivity index (χ0v) is 17.8. The number of fused-ring (bicyclic) bond motifs is 2. The minimum absolute atomic E-state index is 0.200. The van der Waals surface area contributed by atoms with Gasteiger partial charge in [-0.2, -0.15) is 0 Å². The Kier molecular flexibility index (Phi) is 4.03. The first-order chi connectivity index (χ1) is 10.4. The summed E-state index contributed by atoms with van der Waals surface area (Å²) in [5.74, 6) is 0. The molecule has 2 aliphatic rings. The Labute approximate surface area is 146 Å². The molecule has 2 aliphatic carbocycles. The van der Waals surface area contributed by atoms with Crippen molar-refractivity contribution in [3.05, 3.63) is 40.0 Å². The van der Waals surface area contributed by atoms with Crippen molar-refractivity contribution in [2.75, 3.05) is 0 Å². The van der Waals surface area contributed by atoms with Gasteiger partial charge in [0.2, 0.25) is 0 Å². The van der Waals surface area contributed by atoms with Crippen LogP contribution in [0.5, 0.6) is 0 Å². The van der Waals surface area contributed by atoms with Crippen molar-refractivity contribution in [2.24, 2.45) is 5.41 Å². The number of allylic oxidation sites excluding steroid dienone is 1. The second kappa shape index (κ2) is 5.31. The Balaban J connectivity index is 2.01. The van der Waals surface area contributed by atoms with E-state index in [0.717, 1.165) is 0 Å². The van der Waals surface area contributed by atoms with Crippen molar-refractivity contribution in [1.29, 1.82) is 0 Å². The molecule has 126 valence electrons. The van der Waals surface area contributed by atoms with E-state index in [4.69, 9.17) is 0 Å². The molecule has 1 nitrogen and oxygen atoms in total. The van der Waals surface area contributed by atoms with E-state index in [-0.39, 0.29) is 5.54 Å². The fourth-order valence-electron chi connectivity index (χ4n) is 5.10. The molecule has 0 amide bonds. The molecule has 1 atom stereocenters. The van der Waals surface area contributed by atoms with Crippen LogP contribution in [0.4, 0.5) is 0 Å².